The van der Waals surface area contributed by atoms with Crippen LogP contribution in [0.1, 0.15) is 33.1 Å². The second-order valence-electron chi connectivity index (χ2n) is 3.95. The van der Waals surface area contributed by atoms with Crippen molar-refractivity contribution in [2.75, 3.05) is 6.61 Å². The molecule has 68 valence electrons. The van der Waals surface area contributed by atoms with E-state index in [9.17, 15) is 4.79 Å². The number of hydrogen-bond acceptors (Lipinski definition) is 2. The molecule has 1 saturated carbocycles. The molecule has 0 atom stereocenters. The van der Waals surface area contributed by atoms with Gasteiger partial charge in [0, 0.05) is 0 Å². The topological polar surface area (TPSA) is 26.3 Å². The van der Waals surface area contributed by atoms with Gasteiger partial charge >= 0.3 is 5.97 Å². The summed E-state index contributed by atoms with van der Waals surface area (Å²) in [5.41, 5.74) is 0.710. The number of rotatable bonds is 3. The highest BCUT2D eigenvalue weighted by Gasteiger charge is 2.40. The summed E-state index contributed by atoms with van der Waals surface area (Å²) >= 11 is 0. The minimum Gasteiger partial charge on any atom is -0.461 e. The third-order valence-corrected chi connectivity index (χ3v) is 2.40. The zero-order valence-electron chi connectivity index (χ0n) is 7.85. The van der Waals surface area contributed by atoms with Crippen LogP contribution in [0.3, 0.4) is 0 Å². The first-order chi connectivity index (χ1) is 5.54. The highest BCUT2D eigenvalue weighted by atomic mass is 16.5. The molecule has 0 aromatic carbocycles. The van der Waals surface area contributed by atoms with Crippen LogP contribution in [-0.2, 0) is 9.53 Å². The average Bonchev–Trinajstić information content (AvgIpc) is 1.95. The first-order valence-corrected chi connectivity index (χ1v) is 4.36. The summed E-state index contributed by atoms with van der Waals surface area (Å²) in [6.07, 6.45) is 3.10. The van der Waals surface area contributed by atoms with Gasteiger partial charge < -0.3 is 4.74 Å². The smallest absolute Gasteiger partial charge is 0.312 e. The van der Waals surface area contributed by atoms with E-state index in [0.717, 1.165) is 24.8 Å². The number of carbonyl (C=O) groups is 1. The van der Waals surface area contributed by atoms with Crippen molar-refractivity contribution in [3.05, 3.63) is 12.2 Å². The molecule has 0 radical (unpaired) electrons. The Morgan fingerprint density at radius 1 is 1.58 bits per heavy atom. The Morgan fingerprint density at radius 2 is 2.17 bits per heavy atom. The fourth-order valence-corrected chi connectivity index (χ4v) is 1.27. The molecule has 0 unspecified atom stereocenters. The molecule has 0 heterocycles. The minimum absolute atomic E-state index is 0.0586. The lowest BCUT2D eigenvalue weighted by Crippen LogP contribution is -2.36. The summed E-state index contributed by atoms with van der Waals surface area (Å²) in [6, 6.07) is 0. The van der Waals surface area contributed by atoms with Crippen LogP contribution >= 0.6 is 0 Å². The Morgan fingerprint density at radius 3 is 2.50 bits per heavy atom. The maximum Gasteiger partial charge on any atom is 0.312 e. The first kappa shape index (κ1) is 9.30. The number of carbonyl (C=O) groups excluding carboxylic acids is 1. The van der Waals surface area contributed by atoms with Crippen molar-refractivity contribution in [2.24, 2.45) is 5.41 Å². The molecule has 0 N–H and O–H groups in total. The van der Waals surface area contributed by atoms with Crippen LogP contribution in [0.2, 0.25) is 0 Å². The summed E-state index contributed by atoms with van der Waals surface area (Å²) in [5.74, 6) is -0.0586. The van der Waals surface area contributed by atoms with Crippen LogP contribution in [0.4, 0.5) is 0 Å². The van der Waals surface area contributed by atoms with E-state index in [1.807, 2.05) is 13.8 Å². The van der Waals surface area contributed by atoms with E-state index in [1.165, 1.54) is 0 Å². The summed E-state index contributed by atoms with van der Waals surface area (Å²) in [7, 11) is 0. The summed E-state index contributed by atoms with van der Waals surface area (Å²) in [6.45, 7) is 7.87. The van der Waals surface area contributed by atoms with E-state index in [4.69, 9.17) is 4.74 Å². The monoisotopic (exact) mass is 168 g/mol. The standard InChI is InChI=1S/C10H16O2/c1-8(2)7-12-9(11)10(3)5-4-6-10/h1,4-7H2,2-3H3. The van der Waals surface area contributed by atoms with Crippen molar-refractivity contribution in [1.29, 1.82) is 0 Å². The highest BCUT2D eigenvalue weighted by molar-refractivity contribution is 5.77. The Bertz CT molecular complexity index is 202. The van der Waals surface area contributed by atoms with E-state index in [-0.39, 0.29) is 11.4 Å². The van der Waals surface area contributed by atoms with Gasteiger partial charge in [0.1, 0.15) is 6.61 Å². The van der Waals surface area contributed by atoms with E-state index < -0.39 is 0 Å². The minimum atomic E-state index is -0.185. The molecule has 0 aromatic heterocycles. The molecule has 1 rings (SSSR count). The molecule has 0 aliphatic heterocycles. The molecule has 12 heavy (non-hydrogen) atoms. The predicted octanol–water partition coefficient (Wildman–Crippen LogP) is 2.30. The lowest BCUT2D eigenvalue weighted by molar-refractivity contribution is -0.158. The molecular formula is C10H16O2. The lowest BCUT2D eigenvalue weighted by atomic mass is 9.70. The average molecular weight is 168 g/mol. The van der Waals surface area contributed by atoms with Gasteiger partial charge in [0.05, 0.1) is 5.41 Å². The van der Waals surface area contributed by atoms with Gasteiger partial charge in [0.25, 0.3) is 0 Å². The SMILES string of the molecule is C=C(C)COC(=O)C1(C)CCC1. The van der Waals surface area contributed by atoms with Gasteiger partial charge in [-0.3, -0.25) is 4.79 Å². The predicted molar refractivity (Wildman–Crippen MR) is 47.7 cm³/mol. The van der Waals surface area contributed by atoms with Crippen molar-refractivity contribution in [1.82, 2.24) is 0 Å². The normalized spacial score (nSPS) is 19.5. The van der Waals surface area contributed by atoms with Gasteiger partial charge in [-0.1, -0.05) is 13.0 Å². The van der Waals surface area contributed by atoms with Crippen LogP contribution in [0.5, 0.6) is 0 Å². The number of ether oxygens (including phenoxy) is 1. The van der Waals surface area contributed by atoms with E-state index in [2.05, 4.69) is 6.58 Å². The molecule has 0 spiro atoms. The second kappa shape index (κ2) is 3.30. The zero-order chi connectivity index (χ0) is 9.19. The summed E-state index contributed by atoms with van der Waals surface area (Å²) < 4.78 is 5.07. The van der Waals surface area contributed by atoms with Crippen molar-refractivity contribution < 1.29 is 9.53 Å². The molecule has 1 aliphatic rings. The van der Waals surface area contributed by atoms with Crippen LogP contribution in [-0.4, -0.2) is 12.6 Å². The van der Waals surface area contributed by atoms with Crippen molar-refractivity contribution in [3.8, 4) is 0 Å². The van der Waals surface area contributed by atoms with Gasteiger partial charge in [-0.15, -0.1) is 0 Å². The van der Waals surface area contributed by atoms with Crippen LogP contribution in [0, 0.1) is 5.41 Å². The first-order valence-electron chi connectivity index (χ1n) is 4.36. The molecule has 0 saturated heterocycles. The molecule has 0 aromatic rings. The van der Waals surface area contributed by atoms with Gasteiger partial charge in [0.2, 0.25) is 0 Å². The second-order valence-corrected chi connectivity index (χ2v) is 3.95. The molecule has 0 amide bonds. The van der Waals surface area contributed by atoms with E-state index in [1.54, 1.807) is 0 Å². The van der Waals surface area contributed by atoms with Gasteiger partial charge in [0.15, 0.2) is 0 Å². The Kier molecular flexibility index (Phi) is 2.55. The molecule has 2 heteroatoms. The van der Waals surface area contributed by atoms with Gasteiger partial charge in [-0.25, -0.2) is 0 Å². The maximum absolute atomic E-state index is 11.4. The van der Waals surface area contributed by atoms with Crippen LogP contribution < -0.4 is 0 Å². The fraction of sp³-hybridized carbons (Fsp3) is 0.700. The number of esters is 1. The Labute approximate surface area is 73.6 Å². The Hall–Kier alpha value is -0.790. The van der Waals surface area contributed by atoms with Crippen molar-refractivity contribution >= 4 is 5.97 Å². The van der Waals surface area contributed by atoms with Crippen molar-refractivity contribution in [2.45, 2.75) is 33.1 Å². The van der Waals surface area contributed by atoms with E-state index in [0.29, 0.717) is 6.61 Å². The largest absolute Gasteiger partial charge is 0.461 e. The molecule has 2 nitrogen and oxygen atoms in total. The lowest BCUT2D eigenvalue weighted by Gasteiger charge is -2.35. The zero-order valence-corrected chi connectivity index (χ0v) is 7.85. The van der Waals surface area contributed by atoms with Crippen LogP contribution in [0.25, 0.3) is 0 Å². The quantitative estimate of drug-likeness (QED) is 0.477. The molecular weight excluding hydrogens is 152 g/mol. The molecule has 1 aliphatic carbocycles. The Balaban J connectivity index is 2.33. The number of hydrogen-bond donors (Lipinski definition) is 0. The maximum atomic E-state index is 11.4. The van der Waals surface area contributed by atoms with Gasteiger partial charge in [-0.2, -0.15) is 0 Å². The third-order valence-electron chi connectivity index (χ3n) is 2.40. The van der Waals surface area contributed by atoms with Gasteiger partial charge in [-0.05, 0) is 32.3 Å². The molecule has 0 bridgehead atoms. The van der Waals surface area contributed by atoms with Crippen LogP contribution in [0.15, 0.2) is 12.2 Å². The van der Waals surface area contributed by atoms with E-state index >= 15 is 0 Å². The highest BCUT2D eigenvalue weighted by Crippen LogP contribution is 2.41. The summed E-state index contributed by atoms with van der Waals surface area (Å²) in [4.78, 5) is 11.4. The van der Waals surface area contributed by atoms with Crippen molar-refractivity contribution in [3.63, 3.8) is 0 Å². The molecule has 1 fully saturated rings. The fourth-order valence-electron chi connectivity index (χ4n) is 1.27. The summed E-state index contributed by atoms with van der Waals surface area (Å²) in [5, 5.41) is 0. The third kappa shape index (κ3) is 1.87.